The van der Waals surface area contributed by atoms with Crippen LogP contribution in [0.5, 0.6) is 11.9 Å². The van der Waals surface area contributed by atoms with Crippen molar-refractivity contribution in [2.45, 2.75) is 20.3 Å². The van der Waals surface area contributed by atoms with Gasteiger partial charge >= 0.3 is 6.01 Å². The molecule has 0 unspecified atom stereocenters. The number of aromatic nitrogens is 4. The third-order valence-electron chi connectivity index (χ3n) is 3.91. The van der Waals surface area contributed by atoms with E-state index in [1.807, 2.05) is 6.92 Å². The highest BCUT2D eigenvalue weighted by Gasteiger charge is 2.19. The van der Waals surface area contributed by atoms with Gasteiger partial charge in [0.2, 0.25) is 5.88 Å². The number of nitrogens with one attached hydrogen (secondary N) is 2. The summed E-state index contributed by atoms with van der Waals surface area (Å²) in [6, 6.07) is 6.81. The lowest BCUT2D eigenvalue weighted by Crippen LogP contribution is -2.31. The highest BCUT2D eigenvalue weighted by molar-refractivity contribution is 9.10. The molecule has 1 aromatic carbocycles. The molecule has 0 fully saturated rings. The van der Waals surface area contributed by atoms with E-state index in [1.165, 1.54) is 12.4 Å². The molecule has 0 amide bonds. The number of halogens is 1. The summed E-state index contributed by atoms with van der Waals surface area (Å²) in [6.07, 6.45) is 4.73. The fourth-order valence-electron chi connectivity index (χ4n) is 2.46. The van der Waals surface area contributed by atoms with Gasteiger partial charge in [0.25, 0.3) is 10.2 Å². The highest BCUT2D eigenvalue weighted by Crippen LogP contribution is 2.34. The molecule has 2 heterocycles. The number of ether oxygens (including phenoxy) is 2. The van der Waals surface area contributed by atoms with Crippen LogP contribution in [0.4, 0.5) is 5.82 Å². The predicted octanol–water partition coefficient (Wildman–Crippen LogP) is 3.12. The third-order valence-corrected chi connectivity index (χ3v) is 5.48. The molecule has 12 heteroatoms. The zero-order valence-electron chi connectivity index (χ0n) is 19.4. The summed E-state index contributed by atoms with van der Waals surface area (Å²) in [4.78, 5) is 16.0. The van der Waals surface area contributed by atoms with Crippen LogP contribution in [0.1, 0.15) is 21.6 Å². The SMILES string of the molecule is [2H]C([2H])(COc1ncnc(NS(=O)(=O)NCCC)c1-c1ccc(Br)cc1)Oc1ncc(C)cn1. The zero-order valence-corrected chi connectivity index (χ0v) is 19.8. The summed E-state index contributed by atoms with van der Waals surface area (Å²) in [5, 5.41) is 0. The average molecular weight is 525 g/mol. The van der Waals surface area contributed by atoms with Crippen LogP contribution in [0.15, 0.2) is 47.5 Å². The van der Waals surface area contributed by atoms with Crippen LogP contribution in [-0.2, 0) is 10.2 Å². The number of aryl methyl sites for hydroxylation is 1. The quantitative estimate of drug-likeness (QED) is 0.391. The van der Waals surface area contributed by atoms with Crippen LogP contribution in [0.3, 0.4) is 0 Å². The molecule has 32 heavy (non-hydrogen) atoms. The summed E-state index contributed by atoms with van der Waals surface area (Å²) in [6.45, 7) is 0.995. The molecule has 0 radical (unpaired) electrons. The van der Waals surface area contributed by atoms with E-state index in [0.717, 1.165) is 16.4 Å². The minimum Gasteiger partial charge on any atom is -0.473 e. The third kappa shape index (κ3) is 6.84. The van der Waals surface area contributed by atoms with Crippen LogP contribution in [0.25, 0.3) is 11.1 Å². The van der Waals surface area contributed by atoms with Gasteiger partial charge in [-0.25, -0.2) is 19.9 Å². The van der Waals surface area contributed by atoms with Crippen LogP contribution in [0, 0.1) is 6.92 Å². The normalized spacial score (nSPS) is 12.6. The summed E-state index contributed by atoms with van der Waals surface area (Å²) in [5.41, 5.74) is 1.59. The second-order valence-electron chi connectivity index (χ2n) is 6.49. The molecule has 10 nitrogen and oxygen atoms in total. The Balaban J connectivity index is 1.90. The Kier molecular flexibility index (Phi) is 7.34. The molecule has 2 N–H and O–H groups in total. The van der Waals surface area contributed by atoms with Crippen molar-refractivity contribution in [2.24, 2.45) is 0 Å². The topological polar surface area (TPSA) is 128 Å². The minimum absolute atomic E-state index is 0.0285. The van der Waals surface area contributed by atoms with E-state index < -0.39 is 23.4 Å². The van der Waals surface area contributed by atoms with Gasteiger partial charge in [-0.2, -0.15) is 13.1 Å². The summed E-state index contributed by atoms with van der Waals surface area (Å²) < 4.78 is 57.5. The fourth-order valence-corrected chi connectivity index (χ4v) is 3.68. The molecule has 0 atom stereocenters. The van der Waals surface area contributed by atoms with Crippen molar-refractivity contribution in [2.75, 3.05) is 24.4 Å². The van der Waals surface area contributed by atoms with Crippen LogP contribution < -0.4 is 18.9 Å². The van der Waals surface area contributed by atoms with E-state index in [4.69, 9.17) is 12.2 Å². The van der Waals surface area contributed by atoms with Crippen molar-refractivity contribution >= 4 is 32.0 Å². The first-order valence-corrected chi connectivity index (χ1v) is 11.8. The van der Waals surface area contributed by atoms with Gasteiger partial charge in [-0.15, -0.1) is 0 Å². The number of rotatable bonds is 11. The minimum atomic E-state index is -3.91. The molecule has 3 rings (SSSR count). The Morgan fingerprint density at radius 2 is 1.81 bits per heavy atom. The van der Waals surface area contributed by atoms with Crippen LogP contribution >= 0.6 is 15.9 Å². The molecule has 0 saturated carbocycles. The van der Waals surface area contributed by atoms with Crippen LogP contribution in [-0.4, -0.2) is 48.1 Å². The van der Waals surface area contributed by atoms with Crippen molar-refractivity contribution < 1.29 is 20.6 Å². The first-order valence-electron chi connectivity index (χ1n) is 10.6. The molecule has 3 aromatic rings. The predicted molar refractivity (Wildman–Crippen MR) is 124 cm³/mol. The Morgan fingerprint density at radius 3 is 2.50 bits per heavy atom. The molecular weight excluding hydrogens is 500 g/mol. The van der Waals surface area contributed by atoms with Crippen molar-refractivity contribution in [3.8, 4) is 23.0 Å². The van der Waals surface area contributed by atoms with Gasteiger partial charge in [0.15, 0.2) is 5.82 Å². The monoisotopic (exact) mass is 524 g/mol. The van der Waals surface area contributed by atoms with Crippen molar-refractivity contribution in [3.05, 3.63) is 53.0 Å². The lowest BCUT2D eigenvalue weighted by Gasteiger charge is -2.15. The Labute approximate surface area is 198 Å². The number of anilines is 1. The van der Waals surface area contributed by atoms with E-state index >= 15 is 0 Å². The summed E-state index contributed by atoms with van der Waals surface area (Å²) in [7, 11) is -3.91. The van der Waals surface area contributed by atoms with Gasteiger partial charge in [-0.1, -0.05) is 35.0 Å². The van der Waals surface area contributed by atoms with Gasteiger partial charge in [0.05, 0.1) is 8.30 Å². The number of hydrogen-bond acceptors (Lipinski definition) is 8. The van der Waals surface area contributed by atoms with Gasteiger partial charge < -0.3 is 9.47 Å². The molecule has 2 aromatic heterocycles. The molecule has 0 saturated heterocycles. The highest BCUT2D eigenvalue weighted by atomic mass is 79.9. The van der Waals surface area contributed by atoms with Crippen molar-refractivity contribution in [1.29, 1.82) is 0 Å². The molecule has 0 aliphatic rings. The second kappa shape index (κ2) is 11.2. The van der Waals surface area contributed by atoms with E-state index in [2.05, 4.69) is 45.3 Å². The fraction of sp³-hybridized carbons (Fsp3) is 0.300. The van der Waals surface area contributed by atoms with Gasteiger partial charge in [0, 0.05) is 23.4 Å². The maximum Gasteiger partial charge on any atom is 0.316 e. The Hall–Kier alpha value is -2.83. The van der Waals surface area contributed by atoms with E-state index in [-0.39, 0.29) is 29.8 Å². The summed E-state index contributed by atoms with van der Waals surface area (Å²) in [5.74, 6) is -0.0675. The smallest absolute Gasteiger partial charge is 0.316 e. The van der Waals surface area contributed by atoms with Gasteiger partial charge in [-0.3, -0.25) is 4.72 Å². The molecule has 0 aliphatic heterocycles. The second-order valence-corrected chi connectivity index (χ2v) is 8.90. The van der Waals surface area contributed by atoms with Gasteiger partial charge in [0.1, 0.15) is 19.5 Å². The standard InChI is InChI=1S/C20H23BrN6O4S/c1-3-8-26-32(28,29)27-18-17(15-4-6-16(21)7-5-15)19(25-13-24-18)30-9-10-31-20-22-11-14(2)12-23-20/h4-7,11-13,26H,3,8-10H2,1-2H3,(H,24,25,27)/i10D2. The maximum atomic E-state index is 12.4. The Morgan fingerprint density at radius 1 is 1.09 bits per heavy atom. The van der Waals surface area contributed by atoms with Gasteiger partial charge in [-0.05, 0) is 36.6 Å². The first-order chi connectivity index (χ1) is 16.1. The van der Waals surface area contributed by atoms with E-state index in [1.54, 1.807) is 31.2 Å². The van der Waals surface area contributed by atoms with Crippen molar-refractivity contribution in [3.63, 3.8) is 0 Å². The summed E-state index contributed by atoms with van der Waals surface area (Å²) >= 11 is 3.36. The molecular formula is C20H23BrN6O4S. The average Bonchev–Trinajstić information content (AvgIpc) is 2.78. The van der Waals surface area contributed by atoms with E-state index in [9.17, 15) is 8.42 Å². The van der Waals surface area contributed by atoms with Crippen molar-refractivity contribution in [1.82, 2.24) is 24.7 Å². The largest absolute Gasteiger partial charge is 0.473 e. The lowest BCUT2D eigenvalue weighted by atomic mass is 10.1. The number of hydrogen-bond donors (Lipinski definition) is 2. The molecule has 0 bridgehead atoms. The lowest BCUT2D eigenvalue weighted by molar-refractivity contribution is 0.202. The molecule has 0 spiro atoms. The first kappa shape index (κ1) is 21.0. The molecule has 170 valence electrons. The number of nitrogens with zero attached hydrogens (tertiary/aromatic N) is 4. The van der Waals surface area contributed by atoms with E-state index in [0.29, 0.717) is 12.0 Å². The zero-order chi connectivity index (χ0) is 24.8. The maximum absolute atomic E-state index is 12.4. The van der Waals surface area contributed by atoms with Crippen LogP contribution in [0.2, 0.25) is 0 Å². The Bertz CT molecular complexity index is 1210. The molecule has 0 aliphatic carbocycles. The number of benzene rings is 1.